The van der Waals surface area contributed by atoms with Crippen molar-refractivity contribution in [2.75, 3.05) is 0 Å². The van der Waals surface area contributed by atoms with E-state index in [0.717, 1.165) is 23.3 Å². The summed E-state index contributed by atoms with van der Waals surface area (Å²) in [7, 11) is 0. The van der Waals surface area contributed by atoms with Gasteiger partial charge in [-0.3, -0.25) is 29.7 Å². The second-order valence-electron chi connectivity index (χ2n) is 6.12. The Balaban J connectivity index is 1.90. The van der Waals surface area contributed by atoms with Crippen LogP contribution in [0.2, 0.25) is 0 Å². The molecule has 1 unspecified atom stereocenters. The molecule has 0 radical (unpaired) electrons. The minimum Gasteiger partial charge on any atom is -0.351 e. The lowest BCUT2D eigenvalue weighted by Gasteiger charge is -2.27. The molecule has 0 aromatic heterocycles. The topological polar surface area (TPSA) is 130 Å². The Morgan fingerprint density at radius 1 is 1.22 bits per heavy atom. The van der Waals surface area contributed by atoms with Gasteiger partial charge in [0, 0.05) is 18.7 Å². The lowest BCUT2D eigenvalue weighted by molar-refractivity contribution is -0.384. The van der Waals surface area contributed by atoms with Gasteiger partial charge in [-0.15, -0.1) is 0 Å². The predicted octanol–water partition coefficient (Wildman–Crippen LogP) is 1.67. The molecular weight excluding hydrogens is 354 g/mol. The largest absolute Gasteiger partial charge is 0.351 e. The van der Waals surface area contributed by atoms with Crippen LogP contribution in [0.25, 0.3) is 0 Å². The van der Waals surface area contributed by atoms with Crippen molar-refractivity contribution in [1.82, 2.24) is 10.4 Å². The molecule has 3 amide bonds. The van der Waals surface area contributed by atoms with Crippen LogP contribution in [-0.4, -0.2) is 32.9 Å². The molecule has 1 aliphatic heterocycles. The number of nitrogens with one attached hydrogen (secondary N) is 1. The number of fused-ring (bicyclic) bond motifs is 1. The van der Waals surface area contributed by atoms with Gasteiger partial charge in [-0.25, -0.2) is 0 Å². The summed E-state index contributed by atoms with van der Waals surface area (Å²) < 4.78 is 0. The van der Waals surface area contributed by atoms with Crippen molar-refractivity contribution < 1.29 is 24.5 Å². The minimum atomic E-state index is -1.48. The van der Waals surface area contributed by atoms with Crippen molar-refractivity contribution in [2.45, 2.75) is 19.4 Å². The van der Waals surface area contributed by atoms with Gasteiger partial charge in [0.05, 0.1) is 10.5 Å². The van der Waals surface area contributed by atoms with Crippen LogP contribution in [0.5, 0.6) is 0 Å². The van der Waals surface area contributed by atoms with Gasteiger partial charge < -0.3 is 5.32 Å². The zero-order valence-corrected chi connectivity index (χ0v) is 14.2. The number of carbonyl (C=O) groups excluding carboxylic acids is 3. The molecule has 3 rings (SSSR count). The molecule has 0 saturated carbocycles. The van der Waals surface area contributed by atoms with Crippen LogP contribution in [0.3, 0.4) is 0 Å². The molecule has 1 aliphatic rings. The van der Waals surface area contributed by atoms with E-state index in [1.807, 2.05) is 31.2 Å². The summed E-state index contributed by atoms with van der Waals surface area (Å²) in [6, 6.07) is 10.6. The minimum absolute atomic E-state index is 0.0160. The average molecular weight is 369 g/mol. The second kappa shape index (κ2) is 6.96. The van der Waals surface area contributed by atoms with Gasteiger partial charge >= 0.3 is 0 Å². The van der Waals surface area contributed by atoms with Crippen LogP contribution in [0.4, 0.5) is 5.69 Å². The normalized spacial score (nSPS) is 16.1. The number of nitrogens with zero attached hydrogens (tertiary/aromatic N) is 2. The maximum absolute atomic E-state index is 12.6. The highest BCUT2D eigenvalue weighted by atomic mass is 16.6. The van der Waals surface area contributed by atoms with Crippen molar-refractivity contribution in [3.63, 3.8) is 0 Å². The molecule has 0 spiro atoms. The van der Waals surface area contributed by atoms with E-state index in [2.05, 4.69) is 5.32 Å². The van der Waals surface area contributed by atoms with Crippen LogP contribution in [-0.2, 0) is 16.1 Å². The number of imide groups is 1. The fraction of sp³-hybridized carbons (Fsp3) is 0.167. The number of non-ortho nitro benzene ring substituents is 1. The number of benzene rings is 2. The number of aryl methyl sites for hydroxylation is 1. The van der Waals surface area contributed by atoms with E-state index < -0.39 is 28.6 Å². The number of hydroxylamine groups is 2. The molecule has 138 valence electrons. The van der Waals surface area contributed by atoms with E-state index in [1.165, 1.54) is 6.07 Å². The number of amides is 3. The lowest BCUT2D eigenvalue weighted by Crippen LogP contribution is -2.47. The number of rotatable bonds is 4. The molecular formula is C18H15N3O6. The number of carbonyl (C=O) groups is 3. The molecule has 27 heavy (non-hydrogen) atoms. The molecule has 0 bridgehead atoms. The molecule has 2 aromatic carbocycles. The molecule has 0 aliphatic carbocycles. The molecule has 9 heteroatoms. The third-order valence-corrected chi connectivity index (χ3v) is 4.29. The zero-order valence-electron chi connectivity index (χ0n) is 14.2. The number of hydrogen-bond acceptors (Lipinski definition) is 6. The van der Waals surface area contributed by atoms with Crippen LogP contribution >= 0.6 is 0 Å². The quantitative estimate of drug-likeness (QED) is 0.277. The van der Waals surface area contributed by atoms with Gasteiger partial charge in [0.1, 0.15) is 5.92 Å². The molecule has 2 N–H and O–H groups in total. The third-order valence-electron chi connectivity index (χ3n) is 4.29. The van der Waals surface area contributed by atoms with Crippen LogP contribution in [0.1, 0.15) is 33.0 Å². The molecule has 0 saturated heterocycles. The van der Waals surface area contributed by atoms with E-state index in [1.54, 1.807) is 0 Å². The van der Waals surface area contributed by atoms with Gasteiger partial charge in [-0.1, -0.05) is 35.9 Å². The Kier molecular flexibility index (Phi) is 4.70. The smallest absolute Gasteiger partial charge is 0.285 e. The van der Waals surface area contributed by atoms with Crippen molar-refractivity contribution in [2.24, 2.45) is 0 Å². The van der Waals surface area contributed by atoms with Crippen molar-refractivity contribution >= 4 is 23.4 Å². The van der Waals surface area contributed by atoms with Crippen LogP contribution in [0.15, 0.2) is 42.5 Å². The van der Waals surface area contributed by atoms with E-state index >= 15 is 0 Å². The fourth-order valence-corrected chi connectivity index (χ4v) is 2.81. The van der Waals surface area contributed by atoms with Crippen LogP contribution in [0, 0.1) is 17.0 Å². The summed E-state index contributed by atoms with van der Waals surface area (Å²) in [6.45, 7) is 2.07. The van der Waals surface area contributed by atoms with Gasteiger partial charge in [0.25, 0.3) is 17.5 Å². The Hall–Kier alpha value is -3.59. The molecule has 9 nitrogen and oxygen atoms in total. The zero-order chi connectivity index (χ0) is 19.7. The van der Waals surface area contributed by atoms with Crippen molar-refractivity contribution in [1.29, 1.82) is 0 Å². The molecule has 1 atom stereocenters. The summed E-state index contributed by atoms with van der Waals surface area (Å²) in [6.07, 6.45) is 0. The first-order valence-electron chi connectivity index (χ1n) is 7.98. The summed E-state index contributed by atoms with van der Waals surface area (Å²) in [5.74, 6) is -4.42. The highest BCUT2D eigenvalue weighted by Gasteiger charge is 2.43. The Labute approximate surface area is 153 Å². The van der Waals surface area contributed by atoms with E-state index in [4.69, 9.17) is 0 Å². The number of nitro groups is 1. The van der Waals surface area contributed by atoms with Gasteiger partial charge in [0.15, 0.2) is 0 Å². The second-order valence-corrected chi connectivity index (χ2v) is 6.12. The Morgan fingerprint density at radius 2 is 1.89 bits per heavy atom. The first kappa shape index (κ1) is 18.2. The Bertz CT molecular complexity index is 954. The lowest BCUT2D eigenvalue weighted by atomic mass is 9.88. The summed E-state index contributed by atoms with van der Waals surface area (Å²) in [4.78, 5) is 47.1. The monoisotopic (exact) mass is 369 g/mol. The average Bonchev–Trinajstić information content (AvgIpc) is 2.65. The van der Waals surface area contributed by atoms with Gasteiger partial charge in [-0.2, -0.15) is 5.06 Å². The van der Waals surface area contributed by atoms with Crippen molar-refractivity contribution in [3.05, 3.63) is 74.8 Å². The van der Waals surface area contributed by atoms with Crippen LogP contribution < -0.4 is 5.32 Å². The highest BCUT2D eigenvalue weighted by molar-refractivity contribution is 6.18. The summed E-state index contributed by atoms with van der Waals surface area (Å²) in [5.41, 5.74) is 1.23. The maximum atomic E-state index is 12.6. The van der Waals surface area contributed by atoms with Gasteiger partial charge in [0.2, 0.25) is 5.91 Å². The standard InChI is InChI=1S/C18H15N3O6/c1-10-2-4-11(5-3-10)9-19-16(22)15-13-7-6-12(21(26)27)8-14(13)17(23)20(25)18(15)24/h2-8,15,25H,9H2,1H3,(H,19,22). The van der Waals surface area contributed by atoms with Crippen molar-refractivity contribution in [3.8, 4) is 0 Å². The van der Waals surface area contributed by atoms with E-state index in [0.29, 0.717) is 0 Å². The number of nitro benzene ring substituents is 1. The first-order valence-corrected chi connectivity index (χ1v) is 7.98. The molecule has 2 aromatic rings. The molecule has 0 fully saturated rings. The third kappa shape index (κ3) is 3.40. The summed E-state index contributed by atoms with van der Waals surface area (Å²) >= 11 is 0. The predicted molar refractivity (Wildman–Crippen MR) is 91.8 cm³/mol. The van der Waals surface area contributed by atoms with Gasteiger partial charge in [-0.05, 0) is 18.1 Å². The fourth-order valence-electron chi connectivity index (χ4n) is 2.81. The maximum Gasteiger partial charge on any atom is 0.285 e. The summed E-state index contributed by atoms with van der Waals surface area (Å²) in [5, 5.41) is 23.1. The van der Waals surface area contributed by atoms with E-state index in [-0.39, 0.29) is 28.4 Å². The highest BCUT2D eigenvalue weighted by Crippen LogP contribution is 2.31. The number of hydrogen-bond donors (Lipinski definition) is 2. The molecule has 1 heterocycles. The Morgan fingerprint density at radius 3 is 2.52 bits per heavy atom. The SMILES string of the molecule is Cc1ccc(CNC(=O)C2C(=O)N(O)C(=O)c3cc([N+](=O)[O-])ccc32)cc1. The van der Waals surface area contributed by atoms with E-state index in [9.17, 15) is 29.7 Å². The first-order chi connectivity index (χ1) is 12.8.